The van der Waals surface area contributed by atoms with Gasteiger partial charge in [0.2, 0.25) is 7.38 Å². The van der Waals surface area contributed by atoms with E-state index in [1.165, 1.54) is 10.4 Å². The molecule has 0 aliphatic heterocycles. The van der Waals surface area contributed by atoms with E-state index in [1.807, 2.05) is 36.4 Å². The standard InChI is InChI=1S/C13H13ClSi.ClH3Si/c1-15(14,12-8-4-2-5-9-12)13-10-6-3-7-11-13;1-2/h2-11H,1H3;2H3. The molecule has 0 fully saturated rings. The van der Waals surface area contributed by atoms with E-state index >= 15 is 0 Å². The van der Waals surface area contributed by atoms with Crippen LogP contribution in [0.15, 0.2) is 60.7 Å². The van der Waals surface area contributed by atoms with Gasteiger partial charge >= 0.3 is 0 Å². The van der Waals surface area contributed by atoms with Crippen molar-refractivity contribution in [3.8, 4) is 0 Å². The van der Waals surface area contributed by atoms with Crippen LogP contribution >= 0.6 is 22.2 Å². The van der Waals surface area contributed by atoms with Gasteiger partial charge in [0.25, 0.3) is 0 Å². The van der Waals surface area contributed by atoms with Gasteiger partial charge in [-0.1, -0.05) is 60.7 Å². The van der Waals surface area contributed by atoms with E-state index in [-0.39, 0.29) is 0 Å². The Morgan fingerprint density at radius 2 is 1.06 bits per heavy atom. The first-order chi connectivity index (χ1) is 8.21. The predicted octanol–water partition coefficient (Wildman–Crippen LogP) is 2.12. The molecule has 0 aromatic heterocycles. The van der Waals surface area contributed by atoms with Crippen molar-refractivity contribution in [2.75, 3.05) is 0 Å². The van der Waals surface area contributed by atoms with Crippen molar-refractivity contribution in [1.29, 1.82) is 0 Å². The molecule has 0 aliphatic rings. The summed E-state index contributed by atoms with van der Waals surface area (Å²) >= 11 is 11.5. The Morgan fingerprint density at radius 3 is 1.35 bits per heavy atom. The van der Waals surface area contributed by atoms with Crippen molar-refractivity contribution in [2.45, 2.75) is 6.55 Å². The van der Waals surface area contributed by atoms with E-state index in [4.69, 9.17) is 22.2 Å². The summed E-state index contributed by atoms with van der Waals surface area (Å²) < 4.78 is 0. The lowest BCUT2D eigenvalue weighted by Crippen LogP contribution is -2.50. The Labute approximate surface area is 116 Å². The highest BCUT2D eigenvalue weighted by atomic mass is 35.6. The lowest BCUT2D eigenvalue weighted by Gasteiger charge is -2.20. The fourth-order valence-corrected chi connectivity index (χ4v) is 4.40. The van der Waals surface area contributed by atoms with Gasteiger partial charge < -0.3 is 0 Å². The highest BCUT2D eigenvalue weighted by molar-refractivity contribution is 7.33. The average Bonchev–Trinajstić information content (AvgIpc) is 2.43. The summed E-state index contributed by atoms with van der Waals surface area (Å²) in [6.45, 7) is 2.17. The van der Waals surface area contributed by atoms with Crippen LogP contribution in [0.25, 0.3) is 0 Å². The molecule has 0 amide bonds. The van der Waals surface area contributed by atoms with Crippen molar-refractivity contribution < 1.29 is 0 Å². The minimum Gasteiger partial charge on any atom is -0.181 e. The number of hydrogen-bond acceptors (Lipinski definition) is 0. The van der Waals surface area contributed by atoms with E-state index < -0.39 is 7.38 Å². The monoisotopic (exact) mass is 298 g/mol. The molecule has 0 aliphatic carbocycles. The van der Waals surface area contributed by atoms with Gasteiger partial charge in [-0.2, -0.15) is 22.2 Å². The topological polar surface area (TPSA) is 0 Å². The average molecular weight is 299 g/mol. The normalized spacial score (nSPS) is 10.5. The second-order valence-corrected chi connectivity index (χ2v) is 9.16. The fraction of sp³-hybridized carbons (Fsp3) is 0.0769. The van der Waals surface area contributed by atoms with E-state index in [9.17, 15) is 0 Å². The molecule has 17 heavy (non-hydrogen) atoms. The summed E-state index contributed by atoms with van der Waals surface area (Å²) in [6, 6.07) is 20.7. The maximum absolute atomic E-state index is 6.73. The molecule has 0 saturated carbocycles. The van der Waals surface area contributed by atoms with Crippen LogP contribution in [0.2, 0.25) is 6.55 Å². The van der Waals surface area contributed by atoms with Crippen LogP contribution in [0.5, 0.6) is 0 Å². The van der Waals surface area contributed by atoms with Gasteiger partial charge in [0.1, 0.15) is 9.55 Å². The molecule has 2 aromatic rings. The summed E-state index contributed by atoms with van der Waals surface area (Å²) in [5, 5.41) is 2.52. The van der Waals surface area contributed by atoms with Crippen molar-refractivity contribution in [3.63, 3.8) is 0 Å². The van der Waals surface area contributed by atoms with Crippen molar-refractivity contribution >= 4 is 49.5 Å². The number of halogens is 2. The molecule has 0 radical (unpaired) electrons. The Kier molecular flexibility index (Phi) is 5.99. The van der Waals surface area contributed by atoms with Gasteiger partial charge in [0, 0.05) is 0 Å². The number of benzene rings is 2. The molecule has 2 rings (SSSR count). The molecule has 0 atom stereocenters. The van der Waals surface area contributed by atoms with Crippen molar-refractivity contribution in [1.82, 2.24) is 0 Å². The van der Waals surface area contributed by atoms with Crippen LogP contribution in [0, 0.1) is 0 Å². The van der Waals surface area contributed by atoms with Gasteiger partial charge in [-0.3, -0.25) is 0 Å². The zero-order valence-electron chi connectivity index (χ0n) is 10.0. The van der Waals surface area contributed by atoms with Crippen LogP contribution in [-0.2, 0) is 0 Å². The second-order valence-electron chi connectivity index (χ2n) is 3.74. The zero-order valence-corrected chi connectivity index (χ0v) is 14.5. The molecular weight excluding hydrogens is 283 g/mol. The van der Waals surface area contributed by atoms with E-state index in [1.54, 1.807) is 0 Å². The Morgan fingerprint density at radius 1 is 0.765 bits per heavy atom. The van der Waals surface area contributed by atoms with Gasteiger partial charge in [0.05, 0.1) is 0 Å². The smallest absolute Gasteiger partial charge is 0.181 e. The predicted molar refractivity (Wildman–Crippen MR) is 85.4 cm³/mol. The first-order valence-corrected chi connectivity index (χ1v) is 11.9. The maximum Gasteiger partial charge on any atom is 0.214 e. The first-order valence-electron chi connectivity index (χ1n) is 5.39. The fourth-order valence-electron chi connectivity index (χ4n) is 1.67. The molecule has 0 unspecified atom stereocenters. The van der Waals surface area contributed by atoms with Crippen LogP contribution in [0.3, 0.4) is 0 Å². The minimum absolute atomic E-state index is 0.778. The molecule has 2 aromatic carbocycles. The largest absolute Gasteiger partial charge is 0.214 e. The molecule has 0 saturated heterocycles. The lowest BCUT2D eigenvalue weighted by molar-refractivity contribution is 1.71. The van der Waals surface area contributed by atoms with E-state index in [2.05, 4.69) is 30.8 Å². The third kappa shape index (κ3) is 3.71. The Bertz CT molecular complexity index is 388. The van der Waals surface area contributed by atoms with Gasteiger partial charge in [0.15, 0.2) is 0 Å². The van der Waals surface area contributed by atoms with Crippen LogP contribution < -0.4 is 10.4 Å². The molecule has 0 N–H and O–H groups in total. The van der Waals surface area contributed by atoms with Crippen molar-refractivity contribution in [2.24, 2.45) is 0 Å². The highest BCUT2D eigenvalue weighted by Crippen LogP contribution is 2.09. The summed E-state index contributed by atoms with van der Waals surface area (Å²) in [5.41, 5.74) is 0. The third-order valence-corrected chi connectivity index (χ3v) is 6.78. The van der Waals surface area contributed by atoms with Crippen LogP contribution in [-0.4, -0.2) is 16.9 Å². The molecule has 0 nitrogen and oxygen atoms in total. The maximum atomic E-state index is 6.73. The van der Waals surface area contributed by atoms with Gasteiger partial charge in [-0.25, -0.2) is 0 Å². The Hall–Kier alpha value is -0.546. The molecule has 0 bridgehead atoms. The summed E-state index contributed by atoms with van der Waals surface area (Å²) in [6.07, 6.45) is 0. The number of hydrogen-bond donors (Lipinski definition) is 0. The summed E-state index contributed by atoms with van der Waals surface area (Å²) in [5.74, 6) is 0. The Balaban J connectivity index is 0.000000686. The molecule has 90 valence electrons. The third-order valence-electron chi connectivity index (χ3n) is 2.63. The SMILES string of the molecule is C[Si](Cl)(c1ccccc1)c1ccccc1.[SiH3]Cl. The van der Waals surface area contributed by atoms with Crippen LogP contribution in [0.4, 0.5) is 0 Å². The quantitative estimate of drug-likeness (QED) is 0.589. The minimum atomic E-state index is -1.98. The second kappa shape index (κ2) is 7.01. The molecule has 4 heteroatoms. The van der Waals surface area contributed by atoms with Gasteiger partial charge in [-0.05, 0) is 16.9 Å². The zero-order chi connectivity index (χ0) is 12.7. The molecule has 0 spiro atoms. The summed E-state index contributed by atoms with van der Waals surface area (Å²) in [4.78, 5) is 0. The van der Waals surface area contributed by atoms with Crippen molar-refractivity contribution in [3.05, 3.63) is 60.7 Å². The van der Waals surface area contributed by atoms with Gasteiger partial charge in [-0.15, -0.1) is 0 Å². The molecular formula is C13H16Cl2Si2. The van der Waals surface area contributed by atoms with Crippen LogP contribution in [0.1, 0.15) is 0 Å². The summed E-state index contributed by atoms with van der Waals surface area (Å²) in [7, 11) is -1.21. The highest BCUT2D eigenvalue weighted by Gasteiger charge is 2.28. The number of rotatable bonds is 2. The molecule has 0 heterocycles. The van der Waals surface area contributed by atoms with E-state index in [0.717, 1.165) is 9.55 Å². The lowest BCUT2D eigenvalue weighted by atomic mass is 10.4. The van der Waals surface area contributed by atoms with E-state index in [0.29, 0.717) is 0 Å². The first kappa shape index (κ1) is 14.5.